The van der Waals surface area contributed by atoms with Crippen LogP contribution in [0.15, 0.2) is 30.3 Å². The van der Waals surface area contributed by atoms with Crippen molar-refractivity contribution in [2.45, 2.75) is 45.7 Å². The maximum Gasteiger partial charge on any atom is 0.0294 e. The van der Waals surface area contributed by atoms with Crippen molar-refractivity contribution in [2.75, 3.05) is 0 Å². The number of benzene rings is 1. The highest BCUT2D eigenvalue weighted by Gasteiger charge is 2.08. The van der Waals surface area contributed by atoms with Gasteiger partial charge in [-0.05, 0) is 25.3 Å². The molecule has 0 aliphatic carbocycles. The summed E-state index contributed by atoms with van der Waals surface area (Å²) in [6, 6.07) is 11.7. The molecular weight excluding hydrogens is 170 g/mol. The number of hydrogen-bond acceptors (Lipinski definition) is 1. The van der Waals surface area contributed by atoms with Crippen LogP contribution in [0.3, 0.4) is 0 Å². The van der Waals surface area contributed by atoms with Gasteiger partial charge in [0.25, 0.3) is 0 Å². The highest BCUT2D eigenvalue weighted by molar-refractivity contribution is 5.18. The Labute approximate surface area is 87.5 Å². The van der Waals surface area contributed by atoms with Gasteiger partial charge >= 0.3 is 0 Å². The molecule has 0 aliphatic heterocycles. The topological polar surface area (TPSA) is 12.0 Å². The van der Waals surface area contributed by atoms with E-state index in [2.05, 4.69) is 56.4 Å². The van der Waals surface area contributed by atoms with Crippen molar-refractivity contribution >= 4 is 0 Å². The van der Waals surface area contributed by atoms with Gasteiger partial charge in [0.1, 0.15) is 0 Å². The highest BCUT2D eigenvalue weighted by Crippen LogP contribution is 2.13. The molecule has 78 valence electrons. The van der Waals surface area contributed by atoms with Gasteiger partial charge in [-0.2, -0.15) is 0 Å². The molecule has 1 aromatic rings. The summed E-state index contributed by atoms with van der Waals surface area (Å²) in [5.74, 6) is 0. The van der Waals surface area contributed by atoms with Gasteiger partial charge in [-0.15, -0.1) is 0 Å². The zero-order valence-corrected chi connectivity index (χ0v) is 9.46. The molecule has 1 rings (SSSR count). The molecule has 0 aromatic heterocycles. The highest BCUT2D eigenvalue weighted by atomic mass is 14.9. The fourth-order valence-corrected chi connectivity index (χ4v) is 1.72. The van der Waals surface area contributed by atoms with E-state index in [9.17, 15) is 0 Å². The largest absolute Gasteiger partial charge is 0.307 e. The van der Waals surface area contributed by atoms with E-state index >= 15 is 0 Å². The molecule has 0 unspecified atom stereocenters. The molecule has 1 aromatic carbocycles. The second kappa shape index (κ2) is 5.82. The average molecular weight is 191 g/mol. The zero-order valence-electron chi connectivity index (χ0n) is 9.46. The first-order valence-electron chi connectivity index (χ1n) is 5.58. The van der Waals surface area contributed by atoms with Gasteiger partial charge in [-0.3, -0.25) is 0 Å². The standard InChI is InChI=1S/C13H21N/c1-4-13(5-2)14-11(3)12-9-7-6-8-10-12/h6-11,13-14H,4-5H2,1-3H3/t11-/m0/s1. The lowest BCUT2D eigenvalue weighted by Crippen LogP contribution is -2.30. The summed E-state index contributed by atoms with van der Waals surface area (Å²) in [6.07, 6.45) is 2.40. The molecule has 14 heavy (non-hydrogen) atoms. The monoisotopic (exact) mass is 191 g/mol. The fraction of sp³-hybridized carbons (Fsp3) is 0.538. The predicted octanol–water partition coefficient (Wildman–Crippen LogP) is 3.53. The van der Waals surface area contributed by atoms with Gasteiger partial charge in [-0.1, -0.05) is 44.2 Å². The van der Waals surface area contributed by atoms with Crippen LogP contribution in [0, 0.1) is 0 Å². The van der Waals surface area contributed by atoms with Crippen molar-refractivity contribution in [3.63, 3.8) is 0 Å². The van der Waals surface area contributed by atoms with Crippen molar-refractivity contribution in [1.29, 1.82) is 0 Å². The first-order valence-corrected chi connectivity index (χ1v) is 5.58. The number of hydrogen-bond donors (Lipinski definition) is 1. The minimum Gasteiger partial charge on any atom is -0.307 e. The summed E-state index contributed by atoms with van der Waals surface area (Å²) in [4.78, 5) is 0. The summed E-state index contributed by atoms with van der Waals surface area (Å²) < 4.78 is 0. The maximum atomic E-state index is 3.63. The summed E-state index contributed by atoms with van der Waals surface area (Å²) in [6.45, 7) is 6.70. The molecule has 0 heterocycles. The first kappa shape index (κ1) is 11.3. The molecule has 0 bridgehead atoms. The lowest BCUT2D eigenvalue weighted by molar-refractivity contribution is 0.432. The Bertz CT molecular complexity index is 239. The summed E-state index contributed by atoms with van der Waals surface area (Å²) in [5.41, 5.74) is 1.37. The smallest absolute Gasteiger partial charge is 0.0294 e. The second-order valence-corrected chi connectivity index (χ2v) is 3.81. The molecule has 0 amide bonds. The zero-order chi connectivity index (χ0) is 10.4. The Balaban J connectivity index is 2.54. The van der Waals surface area contributed by atoms with E-state index in [0.29, 0.717) is 12.1 Å². The lowest BCUT2D eigenvalue weighted by Gasteiger charge is -2.21. The van der Waals surface area contributed by atoms with Crippen LogP contribution >= 0.6 is 0 Å². The van der Waals surface area contributed by atoms with Crippen molar-refractivity contribution in [3.8, 4) is 0 Å². The lowest BCUT2D eigenvalue weighted by atomic mass is 10.1. The Morgan fingerprint density at radius 1 is 1.07 bits per heavy atom. The van der Waals surface area contributed by atoms with Crippen LogP contribution in [0.5, 0.6) is 0 Å². The average Bonchev–Trinajstić information content (AvgIpc) is 2.26. The van der Waals surface area contributed by atoms with E-state index < -0.39 is 0 Å². The molecular formula is C13H21N. The van der Waals surface area contributed by atoms with Crippen LogP contribution < -0.4 is 5.32 Å². The van der Waals surface area contributed by atoms with E-state index in [1.54, 1.807) is 0 Å². The van der Waals surface area contributed by atoms with Crippen LogP contribution in [-0.4, -0.2) is 6.04 Å². The molecule has 0 radical (unpaired) electrons. The molecule has 1 N–H and O–H groups in total. The molecule has 1 nitrogen and oxygen atoms in total. The molecule has 1 heteroatoms. The van der Waals surface area contributed by atoms with Crippen LogP contribution in [0.4, 0.5) is 0 Å². The Morgan fingerprint density at radius 2 is 1.64 bits per heavy atom. The van der Waals surface area contributed by atoms with Gasteiger partial charge in [0.2, 0.25) is 0 Å². The number of rotatable bonds is 5. The van der Waals surface area contributed by atoms with E-state index in [-0.39, 0.29) is 0 Å². The van der Waals surface area contributed by atoms with E-state index in [1.165, 1.54) is 18.4 Å². The Hall–Kier alpha value is -0.820. The van der Waals surface area contributed by atoms with Gasteiger partial charge in [0.05, 0.1) is 0 Å². The third-order valence-electron chi connectivity index (χ3n) is 2.77. The van der Waals surface area contributed by atoms with Crippen LogP contribution in [-0.2, 0) is 0 Å². The predicted molar refractivity (Wildman–Crippen MR) is 62.4 cm³/mol. The Morgan fingerprint density at radius 3 is 2.14 bits per heavy atom. The van der Waals surface area contributed by atoms with E-state index in [1.807, 2.05) is 0 Å². The molecule has 0 aliphatic rings. The molecule has 0 fully saturated rings. The maximum absolute atomic E-state index is 3.63. The quantitative estimate of drug-likeness (QED) is 0.750. The summed E-state index contributed by atoms with van der Waals surface area (Å²) in [7, 11) is 0. The first-order chi connectivity index (χ1) is 6.77. The number of nitrogens with one attached hydrogen (secondary N) is 1. The Kier molecular flexibility index (Phi) is 4.68. The van der Waals surface area contributed by atoms with E-state index in [0.717, 1.165) is 0 Å². The second-order valence-electron chi connectivity index (χ2n) is 3.81. The molecule has 0 saturated heterocycles. The third kappa shape index (κ3) is 3.15. The van der Waals surface area contributed by atoms with Crippen LogP contribution in [0.25, 0.3) is 0 Å². The minimum absolute atomic E-state index is 0.459. The van der Waals surface area contributed by atoms with Crippen molar-refractivity contribution in [3.05, 3.63) is 35.9 Å². The van der Waals surface area contributed by atoms with Crippen molar-refractivity contribution < 1.29 is 0 Å². The molecule has 0 saturated carbocycles. The van der Waals surface area contributed by atoms with Crippen LogP contribution in [0.1, 0.15) is 45.2 Å². The molecule has 1 atom stereocenters. The SMILES string of the molecule is CCC(CC)N[C@@H](C)c1ccccc1. The molecule has 0 spiro atoms. The van der Waals surface area contributed by atoms with Crippen molar-refractivity contribution in [1.82, 2.24) is 5.32 Å². The minimum atomic E-state index is 0.459. The normalized spacial score (nSPS) is 13.1. The van der Waals surface area contributed by atoms with E-state index in [4.69, 9.17) is 0 Å². The summed E-state index contributed by atoms with van der Waals surface area (Å²) in [5, 5.41) is 3.63. The van der Waals surface area contributed by atoms with Crippen molar-refractivity contribution in [2.24, 2.45) is 0 Å². The third-order valence-corrected chi connectivity index (χ3v) is 2.77. The van der Waals surface area contributed by atoms with Gasteiger partial charge in [-0.25, -0.2) is 0 Å². The van der Waals surface area contributed by atoms with Gasteiger partial charge in [0.15, 0.2) is 0 Å². The fourth-order valence-electron chi connectivity index (χ4n) is 1.72. The summed E-state index contributed by atoms with van der Waals surface area (Å²) >= 11 is 0. The van der Waals surface area contributed by atoms with Gasteiger partial charge in [0, 0.05) is 12.1 Å². The van der Waals surface area contributed by atoms with Gasteiger partial charge < -0.3 is 5.32 Å². The van der Waals surface area contributed by atoms with Crippen LogP contribution in [0.2, 0.25) is 0 Å².